The lowest BCUT2D eigenvalue weighted by Gasteiger charge is -2.18. The van der Waals surface area contributed by atoms with Gasteiger partial charge in [-0.3, -0.25) is 19.0 Å². The van der Waals surface area contributed by atoms with Crippen molar-refractivity contribution in [3.63, 3.8) is 0 Å². The van der Waals surface area contributed by atoms with Gasteiger partial charge in [-0.2, -0.15) is 0 Å². The number of nitrogens with two attached hydrogens (primary N) is 1. The van der Waals surface area contributed by atoms with E-state index in [0.717, 1.165) is 10.1 Å². The standard InChI is InChI=1S/C30H25N5O7/c1-41-20-9-5-8-18(13-20)27-32-15-21(31)29(38)35(27)16-25(36)33-23(12-17-6-3-2-4-7-17)26(37)28-34-22-14-19(30(39)40)10-11-24(22)42-28/h2-11,13-15,23H,12,16,31H2,1H3,(H,33,36)(H,39,40)/p-1. The topological polar surface area (TPSA) is 182 Å². The first-order valence-corrected chi connectivity index (χ1v) is 12.7. The molecule has 0 radical (unpaired) electrons. The molecule has 12 heteroatoms. The molecule has 0 bridgehead atoms. The van der Waals surface area contributed by atoms with Crippen LogP contribution in [-0.4, -0.2) is 45.3 Å². The molecule has 5 rings (SSSR count). The number of rotatable bonds is 10. The molecule has 12 nitrogen and oxygen atoms in total. The van der Waals surface area contributed by atoms with E-state index in [0.29, 0.717) is 11.3 Å². The Bertz CT molecular complexity index is 1860. The van der Waals surface area contributed by atoms with Gasteiger partial charge in [0, 0.05) is 12.0 Å². The largest absolute Gasteiger partial charge is 0.545 e. The van der Waals surface area contributed by atoms with Crippen molar-refractivity contribution in [2.45, 2.75) is 19.0 Å². The van der Waals surface area contributed by atoms with Crippen LogP contribution in [0.5, 0.6) is 5.75 Å². The minimum absolute atomic E-state index is 0.0846. The number of methoxy groups -OCH3 is 1. The lowest BCUT2D eigenvalue weighted by Crippen LogP contribution is -2.45. The molecule has 0 spiro atoms. The quantitative estimate of drug-likeness (QED) is 0.236. The highest BCUT2D eigenvalue weighted by Crippen LogP contribution is 2.22. The Morgan fingerprint density at radius 2 is 1.86 bits per heavy atom. The molecular formula is C30H24N5O7-. The van der Waals surface area contributed by atoms with Gasteiger partial charge in [0.25, 0.3) is 11.4 Å². The second kappa shape index (κ2) is 11.8. The van der Waals surface area contributed by atoms with E-state index < -0.39 is 35.8 Å². The third-order valence-corrected chi connectivity index (χ3v) is 6.47. The number of carbonyl (C=O) groups is 3. The Hall–Kier alpha value is -5.78. The number of oxazole rings is 1. The highest BCUT2D eigenvalue weighted by atomic mass is 16.5. The number of aromatic carboxylic acids is 1. The summed E-state index contributed by atoms with van der Waals surface area (Å²) in [6.45, 7) is -0.496. The molecule has 0 saturated carbocycles. The predicted molar refractivity (Wildman–Crippen MR) is 150 cm³/mol. The third kappa shape index (κ3) is 5.87. The number of aromatic nitrogens is 3. The normalized spacial score (nSPS) is 11.6. The fourth-order valence-electron chi connectivity index (χ4n) is 4.40. The maximum absolute atomic E-state index is 13.6. The van der Waals surface area contributed by atoms with Crippen LogP contribution >= 0.6 is 0 Å². The van der Waals surface area contributed by atoms with Crippen molar-refractivity contribution in [3.05, 3.63) is 106 Å². The molecule has 0 fully saturated rings. The molecule has 5 aromatic rings. The van der Waals surface area contributed by atoms with E-state index in [1.807, 2.05) is 6.07 Å². The van der Waals surface area contributed by atoms with Crippen molar-refractivity contribution < 1.29 is 28.6 Å². The Balaban J connectivity index is 1.46. The lowest BCUT2D eigenvalue weighted by molar-refractivity contribution is -0.255. The van der Waals surface area contributed by atoms with Crippen molar-refractivity contribution in [2.24, 2.45) is 0 Å². The second-order valence-electron chi connectivity index (χ2n) is 9.32. The molecular weight excluding hydrogens is 542 g/mol. The molecule has 0 aliphatic rings. The molecule has 3 aromatic carbocycles. The van der Waals surface area contributed by atoms with E-state index in [2.05, 4.69) is 15.3 Å². The fraction of sp³-hybridized carbons (Fsp3) is 0.133. The van der Waals surface area contributed by atoms with Crippen LogP contribution in [0.3, 0.4) is 0 Å². The van der Waals surface area contributed by atoms with E-state index in [4.69, 9.17) is 14.9 Å². The van der Waals surface area contributed by atoms with Gasteiger partial charge >= 0.3 is 0 Å². The van der Waals surface area contributed by atoms with Crippen molar-refractivity contribution in [1.82, 2.24) is 19.9 Å². The zero-order valence-corrected chi connectivity index (χ0v) is 22.3. The molecule has 2 aromatic heterocycles. The molecule has 2 heterocycles. The third-order valence-electron chi connectivity index (χ3n) is 6.47. The highest BCUT2D eigenvalue weighted by Gasteiger charge is 2.28. The van der Waals surface area contributed by atoms with E-state index in [9.17, 15) is 24.3 Å². The van der Waals surface area contributed by atoms with E-state index in [1.54, 1.807) is 48.5 Å². The minimum atomic E-state index is -1.40. The number of hydrogen-bond acceptors (Lipinski definition) is 10. The summed E-state index contributed by atoms with van der Waals surface area (Å²) in [5, 5.41) is 13.9. The first kappa shape index (κ1) is 27.8. The van der Waals surface area contributed by atoms with Gasteiger partial charge in [0.2, 0.25) is 11.7 Å². The lowest BCUT2D eigenvalue weighted by atomic mass is 10.0. The molecule has 1 unspecified atom stereocenters. The predicted octanol–water partition coefficient (Wildman–Crippen LogP) is 1.62. The monoisotopic (exact) mass is 566 g/mol. The molecule has 42 heavy (non-hydrogen) atoms. The summed E-state index contributed by atoms with van der Waals surface area (Å²) in [4.78, 5) is 59.6. The van der Waals surface area contributed by atoms with Gasteiger partial charge in [-0.05, 0) is 41.5 Å². The summed E-state index contributed by atoms with van der Waals surface area (Å²) in [7, 11) is 1.50. The number of benzene rings is 3. The van der Waals surface area contributed by atoms with Crippen LogP contribution in [0.25, 0.3) is 22.5 Å². The maximum atomic E-state index is 13.6. The van der Waals surface area contributed by atoms with E-state index in [-0.39, 0.29) is 40.5 Å². The van der Waals surface area contributed by atoms with Gasteiger partial charge in [0.05, 0.1) is 19.3 Å². The van der Waals surface area contributed by atoms with Gasteiger partial charge < -0.3 is 30.1 Å². The number of ether oxygens (including phenoxy) is 1. The summed E-state index contributed by atoms with van der Waals surface area (Å²) in [6.07, 6.45) is 1.30. The Kier molecular flexibility index (Phi) is 7.78. The minimum Gasteiger partial charge on any atom is -0.545 e. The van der Waals surface area contributed by atoms with Crippen LogP contribution in [0.15, 0.2) is 88.2 Å². The highest BCUT2D eigenvalue weighted by molar-refractivity contribution is 6.00. The van der Waals surface area contributed by atoms with Crippen molar-refractivity contribution >= 4 is 34.4 Å². The fourth-order valence-corrected chi connectivity index (χ4v) is 4.40. The zero-order valence-electron chi connectivity index (χ0n) is 22.3. The number of nitrogens with zero attached hydrogens (tertiary/aromatic N) is 3. The van der Waals surface area contributed by atoms with Crippen LogP contribution < -0.4 is 26.5 Å². The van der Waals surface area contributed by atoms with Crippen LogP contribution in [0, 0.1) is 0 Å². The molecule has 3 N–H and O–H groups in total. The molecule has 0 aliphatic carbocycles. The Morgan fingerprint density at radius 3 is 2.60 bits per heavy atom. The zero-order chi connectivity index (χ0) is 29.8. The van der Waals surface area contributed by atoms with Crippen LogP contribution in [0.1, 0.15) is 26.6 Å². The first-order valence-electron chi connectivity index (χ1n) is 12.7. The number of carboxylic acid groups (broad SMARTS) is 1. The number of anilines is 1. The summed E-state index contributed by atoms with van der Waals surface area (Å²) in [6, 6.07) is 18.5. The number of amides is 1. The van der Waals surface area contributed by atoms with Gasteiger partial charge in [-0.1, -0.05) is 42.5 Å². The number of nitrogens with one attached hydrogen (secondary N) is 1. The second-order valence-corrected chi connectivity index (χ2v) is 9.32. The Labute approximate surface area is 238 Å². The average Bonchev–Trinajstić information content (AvgIpc) is 3.43. The van der Waals surface area contributed by atoms with Gasteiger partial charge in [0.15, 0.2) is 5.58 Å². The number of carbonyl (C=O) groups excluding carboxylic acids is 3. The van der Waals surface area contributed by atoms with Gasteiger partial charge in [-0.15, -0.1) is 0 Å². The number of fused-ring (bicyclic) bond motifs is 1. The van der Waals surface area contributed by atoms with E-state index >= 15 is 0 Å². The van der Waals surface area contributed by atoms with Crippen LogP contribution in [0.2, 0.25) is 0 Å². The average molecular weight is 567 g/mol. The SMILES string of the molecule is COc1cccc(-c2ncc(N)c(=O)n2CC(=O)NC(Cc2ccccc2)C(=O)c2nc3cc(C(=O)[O-])ccc3o2)c1. The van der Waals surface area contributed by atoms with Crippen LogP contribution in [0.4, 0.5) is 5.69 Å². The molecule has 0 saturated heterocycles. The summed E-state index contributed by atoms with van der Waals surface area (Å²) >= 11 is 0. The van der Waals surface area contributed by atoms with Gasteiger partial charge in [0.1, 0.15) is 35.4 Å². The van der Waals surface area contributed by atoms with Gasteiger partial charge in [-0.25, -0.2) is 9.97 Å². The molecule has 1 atom stereocenters. The smallest absolute Gasteiger partial charge is 0.277 e. The maximum Gasteiger partial charge on any atom is 0.277 e. The number of nitrogen functional groups attached to an aromatic ring is 1. The number of Topliss-reactive ketones (excluding diaryl/α,β-unsaturated/α-hetero) is 1. The molecule has 1 amide bonds. The van der Waals surface area contributed by atoms with Crippen molar-refractivity contribution in [3.8, 4) is 17.1 Å². The summed E-state index contributed by atoms with van der Waals surface area (Å²) in [5.41, 5.74) is 6.49. The number of ketones is 1. The number of carboxylic acids is 1. The summed E-state index contributed by atoms with van der Waals surface area (Å²) < 4.78 is 12.0. The van der Waals surface area contributed by atoms with Crippen LogP contribution in [-0.2, 0) is 17.8 Å². The Morgan fingerprint density at radius 1 is 1.07 bits per heavy atom. The molecule has 212 valence electrons. The molecule has 0 aliphatic heterocycles. The summed E-state index contributed by atoms with van der Waals surface area (Å²) in [5.74, 6) is -2.34. The van der Waals surface area contributed by atoms with Crippen molar-refractivity contribution in [2.75, 3.05) is 12.8 Å². The van der Waals surface area contributed by atoms with E-state index in [1.165, 1.54) is 31.5 Å². The van der Waals surface area contributed by atoms with Crippen molar-refractivity contribution in [1.29, 1.82) is 0 Å². The first-order chi connectivity index (χ1) is 20.2. The number of hydrogen-bond donors (Lipinski definition) is 2.